The fourth-order valence-corrected chi connectivity index (χ4v) is 2.19. The van der Waals surface area contributed by atoms with E-state index in [4.69, 9.17) is 0 Å². The first-order valence-electron chi connectivity index (χ1n) is 6.60. The van der Waals surface area contributed by atoms with Crippen LogP contribution >= 0.6 is 0 Å². The van der Waals surface area contributed by atoms with Crippen molar-refractivity contribution in [2.24, 2.45) is 0 Å². The SMILES string of the molecule is Cc1cc(C)nc(Nc2[nH]cc(O)[n+]2-c2ccccc2)n1. The molecular weight excluding hydrogens is 266 g/mol. The molecule has 21 heavy (non-hydrogen) atoms. The summed E-state index contributed by atoms with van der Waals surface area (Å²) in [6.45, 7) is 3.83. The van der Waals surface area contributed by atoms with Crippen LogP contribution in [-0.2, 0) is 0 Å². The summed E-state index contributed by atoms with van der Waals surface area (Å²) in [5.41, 5.74) is 2.60. The Balaban J connectivity index is 2.00. The molecule has 0 aliphatic rings. The van der Waals surface area contributed by atoms with E-state index >= 15 is 0 Å². The maximum Gasteiger partial charge on any atom is 0.370 e. The van der Waals surface area contributed by atoms with Gasteiger partial charge < -0.3 is 5.11 Å². The molecule has 0 fully saturated rings. The maximum atomic E-state index is 10.0. The quantitative estimate of drug-likeness (QED) is 0.643. The lowest BCUT2D eigenvalue weighted by atomic mass is 10.3. The number of hydrogen-bond donors (Lipinski definition) is 3. The van der Waals surface area contributed by atoms with Crippen molar-refractivity contribution >= 4 is 11.9 Å². The molecule has 0 spiro atoms. The summed E-state index contributed by atoms with van der Waals surface area (Å²) in [6.07, 6.45) is 1.51. The van der Waals surface area contributed by atoms with Gasteiger partial charge in [-0.25, -0.2) is 20.3 Å². The molecular formula is C15H16N5O+. The number of para-hydroxylation sites is 1. The van der Waals surface area contributed by atoms with Gasteiger partial charge in [0.25, 0.3) is 11.8 Å². The second-order valence-corrected chi connectivity index (χ2v) is 4.77. The van der Waals surface area contributed by atoms with E-state index in [1.165, 1.54) is 6.20 Å². The number of aromatic hydroxyl groups is 1. The van der Waals surface area contributed by atoms with Crippen LogP contribution in [0.2, 0.25) is 0 Å². The van der Waals surface area contributed by atoms with Crippen LogP contribution < -0.4 is 9.88 Å². The molecule has 0 saturated heterocycles. The Kier molecular flexibility index (Phi) is 3.27. The summed E-state index contributed by atoms with van der Waals surface area (Å²) >= 11 is 0. The summed E-state index contributed by atoms with van der Waals surface area (Å²) in [5, 5.41) is 13.1. The highest BCUT2D eigenvalue weighted by molar-refractivity contribution is 5.42. The molecule has 0 amide bonds. The number of aromatic amines is 1. The molecule has 6 heteroatoms. The summed E-state index contributed by atoms with van der Waals surface area (Å²) in [5.74, 6) is 1.18. The van der Waals surface area contributed by atoms with Gasteiger partial charge in [0, 0.05) is 11.4 Å². The van der Waals surface area contributed by atoms with Crippen molar-refractivity contribution in [1.82, 2.24) is 15.0 Å². The third-order valence-corrected chi connectivity index (χ3v) is 3.02. The van der Waals surface area contributed by atoms with Crippen molar-refractivity contribution in [3.8, 4) is 11.6 Å². The third-order valence-electron chi connectivity index (χ3n) is 3.02. The largest absolute Gasteiger partial charge is 0.481 e. The number of hydrogen-bond acceptors (Lipinski definition) is 4. The Hall–Kier alpha value is -2.89. The van der Waals surface area contributed by atoms with Gasteiger partial charge in [0.15, 0.2) is 0 Å². The highest BCUT2D eigenvalue weighted by atomic mass is 16.3. The lowest BCUT2D eigenvalue weighted by molar-refractivity contribution is -0.587. The molecule has 6 nitrogen and oxygen atoms in total. The van der Waals surface area contributed by atoms with Crippen LogP contribution in [0.25, 0.3) is 5.69 Å². The first-order chi connectivity index (χ1) is 10.1. The first-order valence-corrected chi connectivity index (χ1v) is 6.60. The molecule has 0 aliphatic heterocycles. The van der Waals surface area contributed by atoms with Gasteiger partial charge >= 0.3 is 5.95 Å². The molecule has 2 heterocycles. The van der Waals surface area contributed by atoms with Gasteiger partial charge in [0.2, 0.25) is 0 Å². The lowest BCUT2D eigenvalue weighted by Crippen LogP contribution is -2.32. The number of benzene rings is 1. The number of nitrogens with one attached hydrogen (secondary N) is 2. The summed E-state index contributed by atoms with van der Waals surface area (Å²) in [6, 6.07) is 11.5. The number of nitrogens with zero attached hydrogens (tertiary/aromatic N) is 3. The molecule has 0 atom stereocenters. The number of aryl methyl sites for hydroxylation is 2. The van der Waals surface area contributed by atoms with Crippen LogP contribution in [0, 0.1) is 13.8 Å². The number of aromatic nitrogens is 4. The van der Waals surface area contributed by atoms with Crippen LogP contribution in [0.1, 0.15) is 11.4 Å². The number of imidazole rings is 1. The predicted molar refractivity (Wildman–Crippen MR) is 78.8 cm³/mol. The predicted octanol–water partition coefficient (Wildman–Crippen LogP) is 2.15. The zero-order valence-electron chi connectivity index (χ0n) is 11.8. The van der Waals surface area contributed by atoms with E-state index in [2.05, 4.69) is 20.3 Å². The van der Waals surface area contributed by atoms with Crippen LogP contribution in [0.4, 0.5) is 11.9 Å². The van der Waals surface area contributed by atoms with E-state index in [-0.39, 0.29) is 5.88 Å². The molecule has 0 bridgehead atoms. The minimum Gasteiger partial charge on any atom is -0.481 e. The second kappa shape index (κ2) is 5.24. The Morgan fingerprint density at radius 2 is 1.76 bits per heavy atom. The zero-order chi connectivity index (χ0) is 14.8. The Bertz CT molecular complexity index is 747. The number of H-pyrrole nitrogens is 1. The molecule has 2 aromatic heterocycles. The molecule has 0 saturated carbocycles. The van der Waals surface area contributed by atoms with Crippen molar-refractivity contribution in [2.45, 2.75) is 13.8 Å². The van der Waals surface area contributed by atoms with E-state index < -0.39 is 0 Å². The van der Waals surface area contributed by atoms with Gasteiger partial charge in [-0.1, -0.05) is 18.2 Å². The van der Waals surface area contributed by atoms with E-state index in [0.717, 1.165) is 17.1 Å². The van der Waals surface area contributed by atoms with Crippen molar-refractivity contribution in [3.63, 3.8) is 0 Å². The van der Waals surface area contributed by atoms with Crippen molar-refractivity contribution in [1.29, 1.82) is 0 Å². The van der Waals surface area contributed by atoms with E-state index in [9.17, 15) is 5.11 Å². The fourth-order valence-electron chi connectivity index (χ4n) is 2.19. The normalized spacial score (nSPS) is 10.6. The highest BCUT2D eigenvalue weighted by Gasteiger charge is 2.19. The fraction of sp³-hybridized carbons (Fsp3) is 0.133. The molecule has 3 aromatic rings. The van der Waals surface area contributed by atoms with Crippen LogP contribution in [0.3, 0.4) is 0 Å². The molecule has 0 unspecified atom stereocenters. The van der Waals surface area contributed by atoms with E-state index in [0.29, 0.717) is 11.9 Å². The van der Waals surface area contributed by atoms with Crippen molar-refractivity contribution < 1.29 is 9.67 Å². The average molecular weight is 282 g/mol. The smallest absolute Gasteiger partial charge is 0.370 e. The van der Waals surface area contributed by atoms with Gasteiger partial charge in [-0.15, -0.1) is 0 Å². The van der Waals surface area contributed by atoms with Crippen LogP contribution in [0.15, 0.2) is 42.6 Å². The first kappa shape index (κ1) is 13.1. The molecule has 3 N–H and O–H groups in total. The van der Waals surface area contributed by atoms with Gasteiger partial charge in [0.05, 0.1) is 0 Å². The molecule has 0 radical (unpaired) electrons. The van der Waals surface area contributed by atoms with Crippen LogP contribution in [-0.4, -0.2) is 20.1 Å². The summed E-state index contributed by atoms with van der Waals surface area (Å²) in [7, 11) is 0. The van der Waals surface area contributed by atoms with Gasteiger partial charge in [0.1, 0.15) is 11.9 Å². The standard InChI is InChI=1S/C15H15N5O/c1-10-8-11(2)18-14(17-10)19-15-16-9-13(21)20(15)12-6-4-3-5-7-12/h3-9H,1-2H3,(H2,16,17,18,19,21)/p+1. The number of rotatable bonds is 3. The zero-order valence-corrected chi connectivity index (χ0v) is 11.8. The molecule has 1 aromatic carbocycles. The summed E-state index contributed by atoms with van der Waals surface area (Å²) < 4.78 is 1.65. The molecule has 106 valence electrons. The van der Waals surface area contributed by atoms with Crippen molar-refractivity contribution in [3.05, 3.63) is 54.0 Å². The van der Waals surface area contributed by atoms with Gasteiger partial charge in [-0.2, -0.15) is 4.57 Å². The van der Waals surface area contributed by atoms with E-state index in [1.54, 1.807) is 4.57 Å². The number of anilines is 2. The molecule has 3 rings (SSSR count). The van der Waals surface area contributed by atoms with Crippen molar-refractivity contribution in [2.75, 3.05) is 5.32 Å². The van der Waals surface area contributed by atoms with Gasteiger partial charge in [-0.05, 0) is 32.0 Å². The Morgan fingerprint density at radius 1 is 1.10 bits per heavy atom. The summed E-state index contributed by atoms with van der Waals surface area (Å²) in [4.78, 5) is 11.7. The van der Waals surface area contributed by atoms with Crippen LogP contribution in [0.5, 0.6) is 5.88 Å². The minimum atomic E-state index is 0.105. The maximum absolute atomic E-state index is 10.0. The minimum absolute atomic E-state index is 0.105. The lowest BCUT2D eigenvalue weighted by Gasteiger charge is -2.04. The average Bonchev–Trinajstić information content (AvgIpc) is 2.79. The Labute approximate surface area is 122 Å². The van der Waals surface area contributed by atoms with E-state index in [1.807, 2.05) is 50.2 Å². The highest BCUT2D eigenvalue weighted by Crippen LogP contribution is 2.15. The Morgan fingerprint density at radius 3 is 2.43 bits per heavy atom. The topological polar surface area (TPSA) is 77.7 Å². The molecule has 0 aliphatic carbocycles. The van der Waals surface area contributed by atoms with Gasteiger partial charge in [-0.3, -0.25) is 0 Å². The monoisotopic (exact) mass is 282 g/mol. The third kappa shape index (κ3) is 2.69. The second-order valence-electron chi connectivity index (χ2n) is 4.77.